The van der Waals surface area contributed by atoms with Gasteiger partial charge in [0, 0.05) is 7.05 Å². The van der Waals surface area contributed by atoms with Crippen LogP contribution in [0.25, 0.3) is 11.0 Å². The van der Waals surface area contributed by atoms with Crippen molar-refractivity contribution in [3.05, 3.63) is 29.0 Å². The average molecular weight is 326 g/mol. The van der Waals surface area contributed by atoms with Crippen molar-refractivity contribution in [1.82, 2.24) is 14.5 Å². The van der Waals surface area contributed by atoms with E-state index < -0.39 is 11.4 Å². The van der Waals surface area contributed by atoms with Crippen molar-refractivity contribution in [2.24, 2.45) is 0 Å². The van der Waals surface area contributed by atoms with E-state index in [1.807, 2.05) is 6.07 Å². The van der Waals surface area contributed by atoms with E-state index in [4.69, 9.17) is 23.2 Å². The van der Waals surface area contributed by atoms with Crippen LogP contribution in [-0.2, 0) is 9.59 Å². The molecule has 0 saturated carbocycles. The zero-order chi connectivity index (χ0) is 15.3. The van der Waals surface area contributed by atoms with Gasteiger partial charge < -0.3 is 4.57 Å². The average Bonchev–Trinajstić information content (AvgIpc) is 2.93. The highest BCUT2D eigenvalue weighted by atomic mass is 35.5. The molecular weight excluding hydrogens is 313 g/mol. The molecule has 21 heavy (non-hydrogen) atoms. The van der Waals surface area contributed by atoms with Crippen LogP contribution < -0.4 is 0 Å². The van der Waals surface area contributed by atoms with Gasteiger partial charge in [-0.15, -0.1) is 11.6 Å². The second kappa shape index (κ2) is 5.00. The fourth-order valence-electron chi connectivity index (χ4n) is 2.65. The number of hydrogen-bond acceptors (Lipinski definition) is 3. The van der Waals surface area contributed by atoms with Gasteiger partial charge >= 0.3 is 0 Å². The van der Waals surface area contributed by atoms with Crippen molar-refractivity contribution in [2.75, 3.05) is 7.05 Å². The van der Waals surface area contributed by atoms with Crippen LogP contribution in [-0.4, -0.2) is 33.3 Å². The summed E-state index contributed by atoms with van der Waals surface area (Å²) in [5.74, 6) is 0.0844. The van der Waals surface area contributed by atoms with Gasteiger partial charge in [-0.2, -0.15) is 0 Å². The second-order valence-electron chi connectivity index (χ2n) is 5.07. The standard InChI is InChI=1S/C14H13Cl2N3O2/c1-7(15)13-17-12-8(16)4-3-5-9(12)19(13)10-6-11(20)18(2)14(10)21/h3-5,7,10H,6H2,1-2H3. The smallest absolute Gasteiger partial charge is 0.252 e. The summed E-state index contributed by atoms with van der Waals surface area (Å²) in [6.07, 6.45) is 0.115. The lowest BCUT2D eigenvalue weighted by molar-refractivity contribution is -0.137. The van der Waals surface area contributed by atoms with Crippen LogP contribution in [0.3, 0.4) is 0 Å². The first-order chi connectivity index (χ1) is 9.91. The summed E-state index contributed by atoms with van der Waals surface area (Å²) < 4.78 is 1.74. The maximum absolute atomic E-state index is 12.3. The third-order valence-electron chi connectivity index (χ3n) is 3.72. The van der Waals surface area contributed by atoms with Crippen LogP contribution in [0.1, 0.15) is 30.6 Å². The number of nitrogens with zero attached hydrogens (tertiary/aromatic N) is 3. The zero-order valence-corrected chi connectivity index (χ0v) is 13.0. The number of hydrogen-bond donors (Lipinski definition) is 0. The normalized spacial score (nSPS) is 20.6. The van der Waals surface area contributed by atoms with Gasteiger partial charge in [-0.25, -0.2) is 4.98 Å². The molecule has 0 aliphatic carbocycles. The first-order valence-corrected chi connectivity index (χ1v) is 7.34. The monoisotopic (exact) mass is 325 g/mol. The number of aromatic nitrogens is 2. The quantitative estimate of drug-likeness (QED) is 0.630. The molecule has 1 aromatic heterocycles. The van der Waals surface area contributed by atoms with Gasteiger partial charge in [0.05, 0.1) is 22.3 Å². The highest BCUT2D eigenvalue weighted by molar-refractivity contribution is 6.35. The summed E-state index contributed by atoms with van der Waals surface area (Å²) in [5, 5.41) is 0.0946. The number of rotatable bonds is 2. The summed E-state index contributed by atoms with van der Waals surface area (Å²) in [4.78, 5) is 29.7. The fourth-order valence-corrected chi connectivity index (χ4v) is 3.01. The van der Waals surface area contributed by atoms with Gasteiger partial charge in [0.15, 0.2) is 0 Å². The Morgan fingerprint density at radius 3 is 2.67 bits per heavy atom. The molecule has 1 aromatic carbocycles. The molecule has 1 saturated heterocycles. The van der Waals surface area contributed by atoms with Gasteiger partial charge in [0.25, 0.3) is 5.91 Å². The summed E-state index contributed by atoms with van der Waals surface area (Å²) in [5.41, 5.74) is 1.31. The molecule has 1 fully saturated rings. The SMILES string of the molecule is CC(Cl)c1nc2c(Cl)cccc2n1C1CC(=O)N(C)C1=O. The number of alkyl halides is 1. The minimum Gasteiger partial charge on any atom is -0.313 e. The van der Waals surface area contributed by atoms with Gasteiger partial charge in [-0.3, -0.25) is 14.5 Å². The molecule has 2 unspecified atom stereocenters. The van der Waals surface area contributed by atoms with Crippen molar-refractivity contribution in [1.29, 1.82) is 0 Å². The molecule has 0 spiro atoms. The summed E-state index contributed by atoms with van der Waals surface area (Å²) >= 11 is 12.4. The van der Waals surface area contributed by atoms with Crippen molar-refractivity contribution >= 4 is 46.0 Å². The minimum atomic E-state index is -0.609. The molecule has 0 bridgehead atoms. The molecule has 0 radical (unpaired) electrons. The Bertz CT molecular complexity index is 754. The van der Waals surface area contributed by atoms with Crippen molar-refractivity contribution in [3.63, 3.8) is 0 Å². The number of carbonyl (C=O) groups is 2. The van der Waals surface area contributed by atoms with E-state index in [9.17, 15) is 9.59 Å². The van der Waals surface area contributed by atoms with Crippen LogP contribution in [0.15, 0.2) is 18.2 Å². The summed E-state index contributed by atoms with van der Waals surface area (Å²) in [6.45, 7) is 1.78. The van der Waals surface area contributed by atoms with Gasteiger partial charge in [-0.05, 0) is 19.1 Å². The van der Waals surface area contributed by atoms with Crippen LogP contribution in [0.2, 0.25) is 5.02 Å². The highest BCUT2D eigenvalue weighted by Gasteiger charge is 2.39. The predicted molar refractivity (Wildman–Crippen MR) is 80.4 cm³/mol. The third kappa shape index (κ3) is 2.12. The Morgan fingerprint density at radius 2 is 2.10 bits per heavy atom. The van der Waals surface area contributed by atoms with Crippen LogP contribution in [0.4, 0.5) is 0 Å². The summed E-state index contributed by atoms with van der Waals surface area (Å²) in [6, 6.07) is 4.74. The van der Waals surface area contributed by atoms with E-state index in [1.165, 1.54) is 7.05 Å². The Morgan fingerprint density at radius 1 is 1.38 bits per heavy atom. The van der Waals surface area contributed by atoms with Crippen LogP contribution in [0, 0.1) is 0 Å². The molecule has 2 atom stereocenters. The van der Waals surface area contributed by atoms with Gasteiger partial charge in [0.2, 0.25) is 5.91 Å². The largest absolute Gasteiger partial charge is 0.313 e. The van der Waals surface area contributed by atoms with E-state index in [1.54, 1.807) is 23.6 Å². The Balaban J connectivity index is 2.26. The molecule has 2 aromatic rings. The number of benzene rings is 1. The van der Waals surface area contributed by atoms with E-state index in [2.05, 4.69) is 4.98 Å². The second-order valence-corrected chi connectivity index (χ2v) is 6.14. The number of halogens is 2. The number of amides is 2. The lowest BCUT2D eigenvalue weighted by Gasteiger charge is -2.16. The zero-order valence-electron chi connectivity index (χ0n) is 11.5. The molecule has 110 valence electrons. The molecule has 1 aliphatic rings. The maximum atomic E-state index is 12.3. The van der Waals surface area contributed by atoms with Crippen LogP contribution in [0.5, 0.6) is 0 Å². The first-order valence-electron chi connectivity index (χ1n) is 6.52. The molecular formula is C14H13Cl2N3O2. The summed E-state index contributed by atoms with van der Waals surface area (Å²) in [7, 11) is 1.49. The predicted octanol–water partition coefficient (Wildman–Crippen LogP) is 2.92. The number of fused-ring (bicyclic) bond motifs is 1. The molecule has 5 nitrogen and oxygen atoms in total. The first kappa shape index (κ1) is 14.4. The Kier molecular flexibility index (Phi) is 3.42. The number of imidazole rings is 1. The van der Waals surface area contributed by atoms with Crippen LogP contribution >= 0.6 is 23.2 Å². The van der Waals surface area contributed by atoms with Crippen molar-refractivity contribution in [3.8, 4) is 0 Å². The fraction of sp³-hybridized carbons (Fsp3) is 0.357. The van der Waals surface area contributed by atoms with Crippen molar-refractivity contribution < 1.29 is 9.59 Å². The molecule has 2 amide bonds. The Hall–Kier alpha value is -1.59. The van der Waals surface area contributed by atoms with E-state index in [0.29, 0.717) is 21.9 Å². The third-order valence-corrected chi connectivity index (χ3v) is 4.22. The number of imide groups is 1. The molecule has 7 heteroatoms. The molecule has 0 N–H and O–H groups in total. The van der Waals surface area contributed by atoms with E-state index in [-0.39, 0.29) is 18.2 Å². The number of likely N-dealkylation sites (N-methyl/N-ethyl adjacent to an activating group) is 1. The highest BCUT2D eigenvalue weighted by Crippen LogP contribution is 2.35. The van der Waals surface area contributed by atoms with Gasteiger partial charge in [-0.1, -0.05) is 17.7 Å². The van der Waals surface area contributed by atoms with Crippen molar-refractivity contribution in [2.45, 2.75) is 24.8 Å². The van der Waals surface area contributed by atoms with E-state index >= 15 is 0 Å². The van der Waals surface area contributed by atoms with Gasteiger partial charge in [0.1, 0.15) is 17.4 Å². The maximum Gasteiger partial charge on any atom is 0.252 e. The molecule has 1 aliphatic heterocycles. The number of carbonyl (C=O) groups excluding carboxylic acids is 2. The Labute approximate surface area is 131 Å². The number of para-hydroxylation sites is 1. The lowest BCUT2D eigenvalue weighted by atomic mass is 10.2. The topological polar surface area (TPSA) is 55.2 Å². The molecule has 2 heterocycles. The minimum absolute atomic E-state index is 0.115. The lowest BCUT2D eigenvalue weighted by Crippen LogP contribution is -2.27. The number of likely N-dealkylation sites (tertiary alicyclic amines) is 1. The molecule has 3 rings (SSSR count). The van der Waals surface area contributed by atoms with E-state index in [0.717, 1.165) is 4.90 Å².